The minimum Gasteiger partial charge on any atom is -0.256 e. The maximum Gasteiger partial charge on any atom is 0.180 e. The van der Waals surface area contributed by atoms with E-state index in [-0.39, 0.29) is 0 Å². The highest BCUT2D eigenvalue weighted by atomic mass is 32.2. The van der Waals surface area contributed by atoms with Crippen molar-refractivity contribution >= 4 is 15.5 Å². The van der Waals surface area contributed by atoms with Gasteiger partial charge in [0.05, 0.1) is 27.8 Å². The molecule has 1 aromatic heterocycles. The van der Waals surface area contributed by atoms with Crippen LogP contribution in [-0.2, 0) is 9.73 Å². The van der Waals surface area contributed by atoms with E-state index in [4.69, 9.17) is 0 Å². The Morgan fingerprint density at radius 2 is 2.15 bits per heavy atom. The van der Waals surface area contributed by atoms with Crippen LogP contribution in [-0.4, -0.2) is 25.7 Å². The van der Waals surface area contributed by atoms with Gasteiger partial charge in [-0.1, -0.05) is 0 Å². The van der Waals surface area contributed by atoms with E-state index in [1.165, 1.54) is 0 Å². The summed E-state index contributed by atoms with van der Waals surface area (Å²) in [6.07, 6.45) is 4.22. The monoisotopic (exact) mass is 197 g/mol. The van der Waals surface area contributed by atoms with Gasteiger partial charge in [0, 0.05) is 11.5 Å². The molecule has 0 amide bonds. The zero-order valence-electron chi connectivity index (χ0n) is 7.43. The van der Waals surface area contributed by atoms with Crippen LogP contribution in [0.25, 0.3) is 0 Å². The average Bonchev–Trinajstić information content (AvgIpc) is 2.06. The number of hydrogen-bond acceptors (Lipinski definition) is 4. The van der Waals surface area contributed by atoms with E-state index >= 15 is 0 Å². The number of hydrogen-bond donors (Lipinski definition) is 0. The summed E-state index contributed by atoms with van der Waals surface area (Å²) in [5.41, 5.74) is 0.850. The SMILES string of the molecule is Cc1cnc(N=S2(=O)CCC2)cn1. The second kappa shape index (κ2) is 3.06. The van der Waals surface area contributed by atoms with Crippen LogP contribution >= 0.6 is 0 Å². The van der Waals surface area contributed by atoms with Crippen LogP contribution in [0.5, 0.6) is 0 Å². The molecular formula is C8H11N3OS. The predicted octanol–water partition coefficient (Wildman–Crippen LogP) is 1.29. The van der Waals surface area contributed by atoms with Crippen molar-refractivity contribution in [2.75, 3.05) is 11.5 Å². The Hall–Kier alpha value is -0.970. The molecule has 0 radical (unpaired) electrons. The quantitative estimate of drug-likeness (QED) is 0.681. The lowest BCUT2D eigenvalue weighted by atomic mass is 10.5. The number of rotatable bonds is 1. The maximum atomic E-state index is 11.7. The molecule has 5 heteroatoms. The van der Waals surface area contributed by atoms with Gasteiger partial charge in [-0.15, -0.1) is 0 Å². The summed E-state index contributed by atoms with van der Waals surface area (Å²) >= 11 is 0. The molecule has 0 saturated carbocycles. The van der Waals surface area contributed by atoms with Gasteiger partial charge in [-0.2, -0.15) is 4.36 Å². The van der Waals surface area contributed by atoms with Gasteiger partial charge >= 0.3 is 0 Å². The minimum absolute atomic E-state index is 0.496. The van der Waals surface area contributed by atoms with E-state index in [1.807, 2.05) is 6.92 Å². The number of aromatic nitrogens is 2. The van der Waals surface area contributed by atoms with Crippen molar-refractivity contribution in [2.45, 2.75) is 13.3 Å². The Labute approximate surface area is 77.6 Å². The molecule has 0 atom stereocenters. The van der Waals surface area contributed by atoms with Gasteiger partial charge in [-0.05, 0) is 13.3 Å². The highest BCUT2D eigenvalue weighted by molar-refractivity contribution is 7.95. The molecule has 4 nitrogen and oxygen atoms in total. The molecule has 0 N–H and O–H groups in total. The third kappa shape index (κ3) is 1.85. The first kappa shape index (κ1) is 8.62. The van der Waals surface area contributed by atoms with Gasteiger partial charge in [0.2, 0.25) is 0 Å². The Balaban J connectivity index is 2.32. The second-order valence-corrected chi connectivity index (χ2v) is 5.69. The Kier molecular flexibility index (Phi) is 2.03. The van der Waals surface area contributed by atoms with Gasteiger partial charge in [0.25, 0.3) is 0 Å². The van der Waals surface area contributed by atoms with Crippen LogP contribution in [0.2, 0.25) is 0 Å². The highest BCUT2D eigenvalue weighted by Gasteiger charge is 2.19. The standard InChI is InChI=1S/C8H11N3OS/c1-7-5-10-8(6-9-7)11-13(12)3-2-4-13/h5-6H,2-4H2,1H3. The van der Waals surface area contributed by atoms with Gasteiger partial charge < -0.3 is 0 Å². The van der Waals surface area contributed by atoms with E-state index < -0.39 is 9.73 Å². The molecular weight excluding hydrogens is 186 g/mol. The molecule has 1 saturated heterocycles. The van der Waals surface area contributed by atoms with Crippen molar-refractivity contribution in [2.24, 2.45) is 4.36 Å². The van der Waals surface area contributed by atoms with Crippen LogP contribution in [0.3, 0.4) is 0 Å². The largest absolute Gasteiger partial charge is 0.256 e. The topological polar surface area (TPSA) is 55.2 Å². The Morgan fingerprint density at radius 1 is 1.38 bits per heavy atom. The van der Waals surface area contributed by atoms with Crippen LogP contribution < -0.4 is 0 Å². The first-order valence-electron chi connectivity index (χ1n) is 4.19. The third-order valence-electron chi connectivity index (χ3n) is 1.95. The summed E-state index contributed by atoms with van der Waals surface area (Å²) in [6.45, 7) is 1.86. The fourth-order valence-corrected chi connectivity index (χ4v) is 2.49. The summed E-state index contributed by atoms with van der Waals surface area (Å²) in [6, 6.07) is 0. The molecule has 70 valence electrons. The summed E-state index contributed by atoms with van der Waals surface area (Å²) < 4.78 is 15.8. The highest BCUT2D eigenvalue weighted by Crippen LogP contribution is 2.18. The molecule has 2 heterocycles. The lowest BCUT2D eigenvalue weighted by Crippen LogP contribution is -2.23. The summed E-state index contributed by atoms with van der Waals surface area (Å²) in [5.74, 6) is 1.92. The van der Waals surface area contributed by atoms with Crippen molar-refractivity contribution in [1.29, 1.82) is 0 Å². The molecule has 0 bridgehead atoms. The van der Waals surface area contributed by atoms with Crippen molar-refractivity contribution in [1.82, 2.24) is 9.97 Å². The molecule has 1 aliphatic heterocycles. The molecule has 0 aromatic carbocycles. The van der Waals surface area contributed by atoms with Crippen molar-refractivity contribution in [3.05, 3.63) is 18.1 Å². The molecule has 13 heavy (non-hydrogen) atoms. The molecule has 0 unspecified atom stereocenters. The van der Waals surface area contributed by atoms with Gasteiger partial charge in [0.15, 0.2) is 5.82 Å². The molecule has 0 spiro atoms. The average molecular weight is 197 g/mol. The fraction of sp³-hybridized carbons (Fsp3) is 0.500. The summed E-state index contributed by atoms with van der Waals surface area (Å²) in [4.78, 5) is 8.08. The van der Waals surface area contributed by atoms with Crippen LogP contribution in [0, 0.1) is 6.92 Å². The van der Waals surface area contributed by atoms with Crippen LogP contribution in [0.1, 0.15) is 12.1 Å². The number of nitrogens with zero attached hydrogens (tertiary/aromatic N) is 3. The molecule has 1 fully saturated rings. The second-order valence-electron chi connectivity index (χ2n) is 3.14. The molecule has 1 aliphatic rings. The summed E-state index contributed by atoms with van der Waals surface area (Å²) in [7, 11) is -1.93. The first-order valence-corrected chi connectivity index (χ1v) is 6.04. The normalized spacial score (nSPS) is 19.2. The van der Waals surface area contributed by atoms with Gasteiger partial charge in [-0.25, -0.2) is 9.19 Å². The zero-order chi connectivity index (χ0) is 9.31. The molecule has 1 aromatic rings. The van der Waals surface area contributed by atoms with E-state index in [1.54, 1.807) is 12.4 Å². The van der Waals surface area contributed by atoms with E-state index in [9.17, 15) is 4.21 Å². The zero-order valence-corrected chi connectivity index (χ0v) is 8.25. The van der Waals surface area contributed by atoms with E-state index in [2.05, 4.69) is 14.3 Å². The summed E-state index contributed by atoms with van der Waals surface area (Å²) in [5, 5.41) is 0. The fourth-order valence-electron chi connectivity index (χ4n) is 1.09. The van der Waals surface area contributed by atoms with E-state index in [0.29, 0.717) is 17.3 Å². The minimum atomic E-state index is -1.93. The third-order valence-corrected chi connectivity index (χ3v) is 4.33. The van der Waals surface area contributed by atoms with Gasteiger partial charge in [0.1, 0.15) is 0 Å². The Bertz CT molecular complexity index is 408. The lowest BCUT2D eigenvalue weighted by Gasteiger charge is -2.17. The maximum absolute atomic E-state index is 11.7. The predicted molar refractivity (Wildman–Crippen MR) is 51.4 cm³/mol. The van der Waals surface area contributed by atoms with Crippen molar-refractivity contribution in [3.63, 3.8) is 0 Å². The molecule has 0 aliphatic carbocycles. The molecule has 2 rings (SSSR count). The number of aryl methyl sites for hydroxylation is 1. The van der Waals surface area contributed by atoms with Gasteiger partial charge in [-0.3, -0.25) is 4.98 Å². The van der Waals surface area contributed by atoms with Crippen LogP contribution in [0.4, 0.5) is 5.82 Å². The van der Waals surface area contributed by atoms with Crippen molar-refractivity contribution < 1.29 is 4.21 Å². The van der Waals surface area contributed by atoms with Crippen LogP contribution in [0.15, 0.2) is 16.8 Å². The smallest absolute Gasteiger partial charge is 0.180 e. The lowest BCUT2D eigenvalue weighted by molar-refractivity contribution is 0.663. The van der Waals surface area contributed by atoms with E-state index in [0.717, 1.165) is 12.1 Å². The Morgan fingerprint density at radius 3 is 2.62 bits per heavy atom. The van der Waals surface area contributed by atoms with Crippen molar-refractivity contribution in [3.8, 4) is 0 Å². The first-order chi connectivity index (χ1) is 6.18.